The number of hydrogen-bond acceptors (Lipinski definition) is 2. The van der Waals surface area contributed by atoms with Crippen LogP contribution in [0.4, 0.5) is 11.4 Å². The van der Waals surface area contributed by atoms with Gasteiger partial charge in [-0.05, 0) is 126 Å². The molecule has 1 aromatic heterocycles. The van der Waals surface area contributed by atoms with Crippen LogP contribution in [-0.2, 0) is 18.3 Å². The monoisotopic (exact) mass is 688 g/mol. The maximum atomic E-state index is 2.68. The molecule has 2 aliphatic heterocycles. The summed E-state index contributed by atoms with van der Waals surface area (Å²) in [5.41, 5.74) is 18.0. The molecule has 2 atom stereocenters. The lowest BCUT2D eigenvalue weighted by Gasteiger charge is -2.48. The quantitative estimate of drug-likeness (QED) is 0.186. The predicted octanol–water partition coefficient (Wildman–Crippen LogP) is 12.5. The van der Waals surface area contributed by atoms with Gasteiger partial charge in [0.25, 0.3) is 0 Å². The second kappa shape index (κ2) is 11.9. The fourth-order valence-electron chi connectivity index (χ4n) is 10.1. The molecule has 5 aromatic rings. The Morgan fingerprint density at radius 3 is 2.37 bits per heavy atom. The summed E-state index contributed by atoms with van der Waals surface area (Å²) in [6.07, 6.45) is 26.8. The highest BCUT2D eigenvalue weighted by atomic mass is 32.2. The third-order valence-electron chi connectivity index (χ3n) is 12.3. The molecule has 4 aliphatic carbocycles. The van der Waals surface area contributed by atoms with E-state index in [1.807, 2.05) is 11.8 Å². The van der Waals surface area contributed by atoms with Gasteiger partial charge in [-0.25, -0.2) is 0 Å². The van der Waals surface area contributed by atoms with Crippen molar-refractivity contribution in [3.05, 3.63) is 195 Å². The SMILES string of the molecule is C1=CCC(C2(c3ccccc3)C3=CCCc4c5c(n(c43)-c3ccccc32)CCC(c2ccc(N3C4=CCCC=C4Sc4ccccc43)cc2)=C5)C=C1. The van der Waals surface area contributed by atoms with Crippen molar-refractivity contribution >= 4 is 40.4 Å². The number of anilines is 2. The highest BCUT2D eigenvalue weighted by molar-refractivity contribution is 8.03. The Balaban J connectivity index is 1.04. The minimum absolute atomic E-state index is 0.248. The summed E-state index contributed by atoms with van der Waals surface area (Å²) in [7, 11) is 0. The van der Waals surface area contributed by atoms with Crippen LogP contribution in [0.15, 0.2) is 161 Å². The first-order valence-electron chi connectivity index (χ1n) is 19.1. The predicted molar refractivity (Wildman–Crippen MR) is 218 cm³/mol. The number of para-hydroxylation sites is 2. The fraction of sp³-hybridized carbons (Fsp3) is 0.184. The second-order valence-corrected chi connectivity index (χ2v) is 16.0. The molecule has 2 unspecified atom stereocenters. The van der Waals surface area contributed by atoms with E-state index in [1.165, 1.54) is 82.9 Å². The molecule has 0 spiro atoms. The minimum atomic E-state index is -0.248. The molecule has 252 valence electrons. The molecule has 0 radical (unpaired) electrons. The lowest BCUT2D eigenvalue weighted by Crippen LogP contribution is -2.42. The van der Waals surface area contributed by atoms with Crippen LogP contribution in [0.1, 0.15) is 71.3 Å². The van der Waals surface area contributed by atoms with E-state index in [-0.39, 0.29) is 5.41 Å². The molecule has 0 N–H and O–H groups in total. The Bertz CT molecular complexity index is 2470. The summed E-state index contributed by atoms with van der Waals surface area (Å²) in [5.74, 6) is 0.338. The van der Waals surface area contributed by atoms with Gasteiger partial charge in [0, 0.05) is 21.2 Å². The number of rotatable bonds is 4. The Kier molecular flexibility index (Phi) is 6.95. The summed E-state index contributed by atoms with van der Waals surface area (Å²) in [6, 6.07) is 39.0. The van der Waals surface area contributed by atoms with Crippen LogP contribution < -0.4 is 4.90 Å². The van der Waals surface area contributed by atoms with Gasteiger partial charge in [0.1, 0.15) is 0 Å². The molecule has 4 aromatic carbocycles. The molecule has 6 aliphatic rings. The van der Waals surface area contributed by atoms with Gasteiger partial charge in [0.05, 0.1) is 28.2 Å². The standard InChI is InChI=1S/C49H40N2S/c1-3-14-35(15-4-1)49(36-16-5-2-6-17-36)40-19-7-8-21-43(40)51-42-31-28-34(32-39(42)38-18-13-20-41(49)48(38)51)33-26-29-37(30-27-33)50-44-22-9-11-24-46(44)52-47-25-12-10-23-45(47)50/h1-9,11,14-16,19-27,29-30,32,36H,10,12-13,17-18,28,31H2. The first kappa shape index (κ1) is 30.4. The lowest BCUT2D eigenvalue weighted by molar-refractivity contribution is 0.464. The highest BCUT2D eigenvalue weighted by Gasteiger charge is 2.51. The van der Waals surface area contributed by atoms with E-state index in [1.54, 1.807) is 0 Å². The molecule has 0 amide bonds. The topological polar surface area (TPSA) is 8.17 Å². The Hall–Kier alpha value is -5.25. The van der Waals surface area contributed by atoms with Gasteiger partial charge in [0.15, 0.2) is 0 Å². The number of benzene rings is 4. The number of fused-ring (bicyclic) bond motifs is 7. The summed E-state index contributed by atoms with van der Waals surface area (Å²) in [5, 5.41) is 0. The molecule has 0 fully saturated rings. The number of thioether (sulfide) groups is 1. The molecule has 0 saturated carbocycles. The number of nitrogens with zero attached hydrogens (tertiary/aromatic N) is 2. The van der Waals surface area contributed by atoms with Gasteiger partial charge in [-0.2, -0.15) is 0 Å². The van der Waals surface area contributed by atoms with Crippen molar-refractivity contribution in [2.75, 3.05) is 4.90 Å². The zero-order chi connectivity index (χ0) is 34.2. The largest absolute Gasteiger partial charge is 0.313 e. The van der Waals surface area contributed by atoms with Gasteiger partial charge in [-0.1, -0.05) is 127 Å². The first-order chi connectivity index (χ1) is 25.8. The zero-order valence-electron chi connectivity index (χ0n) is 29.3. The summed E-state index contributed by atoms with van der Waals surface area (Å²) in [4.78, 5) is 5.18. The van der Waals surface area contributed by atoms with Crippen LogP contribution in [0.5, 0.6) is 0 Å². The average molecular weight is 689 g/mol. The van der Waals surface area contributed by atoms with Crippen LogP contribution in [0.25, 0.3) is 22.9 Å². The van der Waals surface area contributed by atoms with E-state index in [4.69, 9.17) is 0 Å². The van der Waals surface area contributed by atoms with Gasteiger partial charge in [0.2, 0.25) is 0 Å². The van der Waals surface area contributed by atoms with E-state index in [9.17, 15) is 0 Å². The van der Waals surface area contributed by atoms with E-state index >= 15 is 0 Å². The van der Waals surface area contributed by atoms with Crippen molar-refractivity contribution in [2.45, 2.75) is 55.3 Å². The summed E-state index contributed by atoms with van der Waals surface area (Å²) in [6.45, 7) is 0. The zero-order valence-corrected chi connectivity index (χ0v) is 30.1. The Labute approximate surface area is 310 Å². The van der Waals surface area contributed by atoms with Crippen molar-refractivity contribution in [3.8, 4) is 5.69 Å². The number of allylic oxidation sites excluding steroid dienone is 9. The van der Waals surface area contributed by atoms with Crippen molar-refractivity contribution in [3.63, 3.8) is 0 Å². The first-order valence-corrected chi connectivity index (χ1v) is 19.9. The smallest absolute Gasteiger partial charge is 0.0601 e. The second-order valence-electron chi connectivity index (χ2n) is 14.9. The van der Waals surface area contributed by atoms with Crippen molar-refractivity contribution in [1.82, 2.24) is 4.57 Å². The van der Waals surface area contributed by atoms with Crippen LogP contribution >= 0.6 is 11.8 Å². The molecule has 0 bridgehead atoms. The van der Waals surface area contributed by atoms with E-state index in [0.717, 1.165) is 44.9 Å². The molecule has 2 nitrogen and oxygen atoms in total. The van der Waals surface area contributed by atoms with Crippen molar-refractivity contribution < 1.29 is 0 Å². The Morgan fingerprint density at radius 1 is 0.692 bits per heavy atom. The maximum absolute atomic E-state index is 2.68. The molecule has 3 heteroatoms. The lowest BCUT2D eigenvalue weighted by atomic mass is 9.56. The van der Waals surface area contributed by atoms with E-state index in [2.05, 4.69) is 161 Å². The van der Waals surface area contributed by atoms with Crippen LogP contribution in [0.3, 0.4) is 0 Å². The van der Waals surface area contributed by atoms with Crippen LogP contribution in [0, 0.1) is 5.92 Å². The van der Waals surface area contributed by atoms with E-state index in [0.29, 0.717) is 5.92 Å². The molecule has 52 heavy (non-hydrogen) atoms. The number of hydrogen-bond donors (Lipinski definition) is 0. The molecule has 0 saturated heterocycles. The van der Waals surface area contributed by atoms with Gasteiger partial charge in [-0.3, -0.25) is 0 Å². The summed E-state index contributed by atoms with van der Waals surface area (Å²) >= 11 is 1.91. The Morgan fingerprint density at radius 2 is 1.50 bits per heavy atom. The van der Waals surface area contributed by atoms with E-state index < -0.39 is 0 Å². The van der Waals surface area contributed by atoms with Crippen molar-refractivity contribution in [1.29, 1.82) is 0 Å². The fourth-order valence-corrected chi connectivity index (χ4v) is 11.3. The maximum Gasteiger partial charge on any atom is 0.0601 e. The van der Waals surface area contributed by atoms with Crippen LogP contribution in [-0.4, -0.2) is 4.57 Å². The third-order valence-corrected chi connectivity index (χ3v) is 13.4. The molecule has 11 rings (SSSR count). The van der Waals surface area contributed by atoms with Gasteiger partial charge >= 0.3 is 0 Å². The van der Waals surface area contributed by atoms with Crippen molar-refractivity contribution in [2.24, 2.45) is 5.92 Å². The van der Waals surface area contributed by atoms with Crippen LogP contribution in [0.2, 0.25) is 0 Å². The third kappa shape index (κ3) is 4.32. The summed E-state index contributed by atoms with van der Waals surface area (Å²) < 4.78 is 2.68. The van der Waals surface area contributed by atoms with Gasteiger partial charge < -0.3 is 9.47 Å². The van der Waals surface area contributed by atoms with Gasteiger partial charge in [-0.15, -0.1) is 0 Å². The normalized spacial score (nSPS) is 22.2. The average Bonchev–Trinajstić information content (AvgIpc) is 3.56. The molecular formula is C49H40N2S. The highest BCUT2D eigenvalue weighted by Crippen LogP contribution is 2.60. The molecule has 3 heterocycles. The minimum Gasteiger partial charge on any atom is -0.313 e. The number of aromatic nitrogens is 1. The molecular weight excluding hydrogens is 649 g/mol.